The van der Waals surface area contributed by atoms with Crippen molar-refractivity contribution in [1.82, 2.24) is 9.80 Å². The fraction of sp³-hybridized carbons (Fsp3) is 0.304. The number of carbonyl (C=O) groups excluding carboxylic acids is 2. The summed E-state index contributed by atoms with van der Waals surface area (Å²) in [5, 5.41) is 10.9. The fourth-order valence-electron chi connectivity index (χ4n) is 3.59. The number of aliphatic hydroxyl groups excluding tert-OH is 1. The molecule has 1 aliphatic rings. The van der Waals surface area contributed by atoms with Crippen molar-refractivity contribution in [3.63, 3.8) is 0 Å². The van der Waals surface area contributed by atoms with Crippen molar-refractivity contribution < 1.29 is 23.8 Å². The first-order valence-electron chi connectivity index (χ1n) is 9.67. The summed E-state index contributed by atoms with van der Waals surface area (Å²) in [6, 6.07) is 11.5. The number of carbonyl (C=O) groups is 2. The second-order valence-corrected chi connectivity index (χ2v) is 7.40. The molecule has 0 spiro atoms. The number of hydrogen-bond donors (Lipinski definition) is 1. The molecule has 3 rings (SSSR count). The van der Waals surface area contributed by atoms with Gasteiger partial charge in [0, 0.05) is 17.7 Å². The molecule has 1 unspecified atom stereocenters. The first kappa shape index (κ1) is 21.5. The number of nitrogens with zero attached hydrogens (tertiary/aromatic N) is 2. The zero-order valence-electron chi connectivity index (χ0n) is 17.3. The van der Waals surface area contributed by atoms with Crippen molar-refractivity contribution in [2.75, 3.05) is 34.3 Å². The SMILES string of the molecule is COc1ccc(C(O)=C2C(=O)C(=O)N(CCCN(C)C)C2c2ccccc2F)cc1. The average Bonchev–Trinajstić information content (AvgIpc) is 2.98. The van der Waals surface area contributed by atoms with E-state index in [4.69, 9.17) is 4.74 Å². The minimum Gasteiger partial charge on any atom is -0.507 e. The van der Waals surface area contributed by atoms with Crippen molar-refractivity contribution in [2.45, 2.75) is 12.5 Å². The Hall–Kier alpha value is -3.19. The Kier molecular flexibility index (Phi) is 6.52. The molecular formula is C23H25FN2O4. The predicted molar refractivity (Wildman–Crippen MR) is 112 cm³/mol. The minimum absolute atomic E-state index is 0.111. The van der Waals surface area contributed by atoms with Crippen LogP contribution in [0.25, 0.3) is 5.76 Å². The molecule has 1 aliphatic heterocycles. The van der Waals surface area contributed by atoms with E-state index in [2.05, 4.69) is 0 Å². The molecule has 30 heavy (non-hydrogen) atoms. The number of aliphatic hydroxyl groups is 1. The molecule has 0 aromatic heterocycles. The number of amides is 1. The molecular weight excluding hydrogens is 387 g/mol. The van der Waals surface area contributed by atoms with E-state index in [-0.39, 0.29) is 23.4 Å². The van der Waals surface area contributed by atoms with E-state index in [1.807, 2.05) is 19.0 Å². The third kappa shape index (κ3) is 4.21. The Balaban J connectivity index is 2.09. The van der Waals surface area contributed by atoms with Crippen molar-refractivity contribution >= 4 is 17.4 Å². The normalized spacial score (nSPS) is 18.3. The quantitative estimate of drug-likeness (QED) is 0.430. The third-order valence-electron chi connectivity index (χ3n) is 5.11. The van der Waals surface area contributed by atoms with Crippen LogP contribution in [0.3, 0.4) is 0 Å². The molecule has 1 atom stereocenters. The lowest BCUT2D eigenvalue weighted by atomic mass is 9.95. The maximum atomic E-state index is 14.7. The van der Waals surface area contributed by atoms with Gasteiger partial charge >= 0.3 is 0 Å². The lowest BCUT2D eigenvalue weighted by molar-refractivity contribution is -0.140. The summed E-state index contributed by atoms with van der Waals surface area (Å²) in [5.41, 5.74) is 0.417. The van der Waals surface area contributed by atoms with E-state index >= 15 is 0 Å². The summed E-state index contributed by atoms with van der Waals surface area (Å²) in [6.07, 6.45) is 0.605. The Bertz CT molecular complexity index is 969. The van der Waals surface area contributed by atoms with Gasteiger partial charge in [-0.3, -0.25) is 9.59 Å². The number of halogens is 1. The van der Waals surface area contributed by atoms with Crippen LogP contribution in [0.4, 0.5) is 4.39 Å². The number of hydrogen-bond acceptors (Lipinski definition) is 5. The molecule has 1 saturated heterocycles. The molecule has 1 amide bonds. The van der Waals surface area contributed by atoms with Gasteiger partial charge in [-0.05, 0) is 57.4 Å². The average molecular weight is 412 g/mol. The molecule has 2 aromatic rings. The summed E-state index contributed by atoms with van der Waals surface area (Å²) >= 11 is 0. The highest BCUT2D eigenvalue weighted by molar-refractivity contribution is 6.46. The second kappa shape index (κ2) is 9.09. The fourth-order valence-corrected chi connectivity index (χ4v) is 3.59. The molecule has 7 heteroatoms. The molecule has 1 heterocycles. The largest absolute Gasteiger partial charge is 0.507 e. The van der Waals surface area contributed by atoms with Crippen molar-refractivity contribution in [3.05, 3.63) is 71.0 Å². The Morgan fingerprint density at radius 3 is 2.40 bits per heavy atom. The number of ether oxygens (including phenoxy) is 1. The number of benzene rings is 2. The second-order valence-electron chi connectivity index (χ2n) is 7.40. The Labute approximate surface area is 175 Å². The van der Waals surface area contributed by atoms with Crippen molar-refractivity contribution in [3.8, 4) is 5.75 Å². The van der Waals surface area contributed by atoms with Gasteiger partial charge in [0.15, 0.2) is 0 Å². The molecule has 1 fully saturated rings. The van der Waals surface area contributed by atoms with E-state index in [0.29, 0.717) is 24.3 Å². The highest BCUT2D eigenvalue weighted by Gasteiger charge is 2.46. The van der Waals surface area contributed by atoms with Crippen LogP contribution in [-0.2, 0) is 9.59 Å². The summed E-state index contributed by atoms with van der Waals surface area (Å²) in [5.74, 6) is -1.85. The van der Waals surface area contributed by atoms with Crippen LogP contribution >= 0.6 is 0 Å². The van der Waals surface area contributed by atoms with Crippen LogP contribution in [0.5, 0.6) is 5.75 Å². The standard InChI is InChI=1S/C23H25FN2O4/c1-25(2)13-6-14-26-20(17-7-4-5-8-18(17)24)19(22(28)23(26)29)21(27)15-9-11-16(30-3)12-10-15/h4-5,7-12,20,27H,6,13-14H2,1-3H3. The number of ketones is 1. The van der Waals surface area contributed by atoms with E-state index in [1.54, 1.807) is 36.4 Å². The van der Waals surface area contributed by atoms with Gasteiger partial charge in [-0.15, -0.1) is 0 Å². The van der Waals surface area contributed by atoms with Gasteiger partial charge < -0.3 is 19.6 Å². The highest BCUT2D eigenvalue weighted by Crippen LogP contribution is 2.40. The van der Waals surface area contributed by atoms with Gasteiger partial charge in [-0.2, -0.15) is 0 Å². The van der Waals surface area contributed by atoms with Crippen LogP contribution < -0.4 is 4.74 Å². The molecule has 0 radical (unpaired) electrons. The van der Waals surface area contributed by atoms with Crippen LogP contribution in [0.2, 0.25) is 0 Å². The zero-order chi connectivity index (χ0) is 21.8. The number of methoxy groups -OCH3 is 1. The Morgan fingerprint density at radius 2 is 1.80 bits per heavy atom. The highest BCUT2D eigenvalue weighted by atomic mass is 19.1. The Morgan fingerprint density at radius 1 is 1.13 bits per heavy atom. The van der Waals surface area contributed by atoms with Gasteiger partial charge in [0.25, 0.3) is 11.7 Å². The molecule has 6 nitrogen and oxygen atoms in total. The predicted octanol–water partition coefficient (Wildman–Crippen LogP) is 3.21. The maximum Gasteiger partial charge on any atom is 0.295 e. The summed E-state index contributed by atoms with van der Waals surface area (Å²) in [4.78, 5) is 29.0. The summed E-state index contributed by atoms with van der Waals surface area (Å²) in [6.45, 7) is 0.965. The van der Waals surface area contributed by atoms with Crippen LogP contribution in [0, 0.1) is 5.82 Å². The summed E-state index contributed by atoms with van der Waals surface area (Å²) in [7, 11) is 5.34. The van der Waals surface area contributed by atoms with Gasteiger partial charge in [-0.25, -0.2) is 4.39 Å². The molecule has 0 saturated carbocycles. The van der Waals surface area contributed by atoms with Gasteiger partial charge in [0.1, 0.15) is 17.3 Å². The van der Waals surface area contributed by atoms with E-state index in [1.165, 1.54) is 24.1 Å². The van der Waals surface area contributed by atoms with Crippen molar-refractivity contribution in [2.24, 2.45) is 0 Å². The molecule has 0 aliphatic carbocycles. The minimum atomic E-state index is -0.990. The third-order valence-corrected chi connectivity index (χ3v) is 5.11. The smallest absolute Gasteiger partial charge is 0.295 e. The van der Waals surface area contributed by atoms with E-state index < -0.39 is 23.5 Å². The first-order chi connectivity index (χ1) is 14.3. The number of Topliss-reactive ketones (excluding diaryl/α,β-unsaturated/α-hetero) is 1. The van der Waals surface area contributed by atoms with Crippen LogP contribution in [0.15, 0.2) is 54.1 Å². The topological polar surface area (TPSA) is 70.1 Å². The van der Waals surface area contributed by atoms with Gasteiger partial charge in [-0.1, -0.05) is 18.2 Å². The maximum absolute atomic E-state index is 14.7. The summed E-state index contributed by atoms with van der Waals surface area (Å²) < 4.78 is 19.8. The molecule has 158 valence electrons. The molecule has 1 N–H and O–H groups in total. The molecule has 0 bridgehead atoms. The van der Waals surface area contributed by atoms with Gasteiger partial charge in [0.2, 0.25) is 0 Å². The van der Waals surface area contributed by atoms with Gasteiger partial charge in [0.05, 0.1) is 18.7 Å². The van der Waals surface area contributed by atoms with Crippen molar-refractivity contribution in [1.29, 1.82) is 0 Å². The lowest BCUT2D eigenvalue weighted by Gasteiger charge is -2.26. The molecule has 2 aromatic carbocycles. The van der Waals surface area contributed by atoms with E-state index in [0.717, 1.165) is 0 Å². The first-order valence-corrected chi connectivity index (χ1v) is 9.67. The van der Waals surface area contributed by atoms with Crippen LogP contribution in [-0.4, -0.2) is 60.9 Å². The number of rotatable bonds is 7. The monoisotopic (exact) mass is 412 g/mol. The number of likely N-dealkylation sites (tertiary alicyclic amines) is 1. The lowest BCUT2D eigenvalue weighted by Crippen LogP contribution is -2.32. The zero-order valence-corrected chi connectivity index (χ0v) is 17.3. The van der Waals surface area contributed by atoms with E-state index in [9.17, 15) is 19.1 Å². The van der Waals surface area contributed by atoms with Crippen LogP contribution in [0.1, 0.15) is 23.6 Å².